The second-order valence-electron chi connectivity index (χ2n) is 2.51. The molecule has 1 rings (SSSR count). The van der Waals surface area contributed by atoms with Crippen molar-refractivity contribution in [1.29, 1.82) is 5.26 Å². The molecule has 0 saturated carbocycles. The van der Waals surface area contributed by atoms with Crippen LogP contribution >= 0.6 is 11.6 Å². The van der Waals surface area contributed by atoms with E-state index in [1.54, 1.807) is 6.07 Å². The van der Waals surface area contributed by atoms with Crippen LogP contribution in [0.4, 0.5) is 10.1 Å². The average molecular weight is 213 g/mol. The van der Waals surface area contributed by atoms with Crippen molar-refractivity contribution < 1.29 is 9.18 Å². The van der Waals surface area contributed by atoms with Gasteiger partial charge in [0.2, 0.25) is 5.91 Å². The Bertz CT molecular complexity index is 400. The highest BCUT2D eigenvalue weighted by molar-refractivity contribution is 6.31. The molecule has 0 aliphatic heterocycles. The van der Waals surface area contributed by atoms with Gasteiger partial charge in [-0.05, 0) is 18.2 Å². The van der Waals surface area contributed by atoms with Gasteiger partial charge in [-0.2, -0.15) is 5.26 Å². The van der Waals surface area contributed by atoms with Gasteiger partial charge in [-0.15, -0.1) is 0 Å². The Hall–Kier alpha value is -1.60. The Kier molecular flexibility index (Phi) is 3.43. The lowest BCUT2D eigenvalue weighted by molar-refractivity contribution is -0.115. The lowest BCUT2D eigenvalue weighted by Gasteiger charge is -2.02. The zero-order valence-electron chi connectivity index (χ0n) is 7.05. The van der Waals surface area contributed by atoms with E-state index in [0.29, 0.717) is 5.69 Å². The third-order valence-corrected chi connectivity index (χ3v) is 1.73. The predicted molar refractivity (Wildman–Crippen MR) is 50.3 cm³/mol. The lowest BCUT2D eigenvalue weighted by atomic mass is 10.3. The summed E-state index contributed by atoms with van der Waals surface area (Å²) in [7, 11) is 0. The SMILES string of the molecule is N#CCC(=O)Nc1ccc(F)c(Cl)c1. The van der Waals surface area contributed by atoms with Gasteiger partial charge < -0.3 is 5.32 Å². The topological polar surface area (TPSA) is 52.9 Å². The smallest absolute Gasteiger partial charge is 0.238 e. The van der Waals surface area contributed by atoms with Crippen LogP contribution in [-0.2, 0) is 4.79 Å². The van der Waals surface area contributed by atoms with Gasteiger partial charge in [-0.25, -0.2) is 4.39 Å². The van der Waals surface area contributed by atoms with E-state index in [1.165, 1.54) is 12.1 Å². The van der Waals surface area contributed by atoms with E-state index in [-0.39, 0.29) is 11.4 Å². The van der Waals surface area contributed by atoms with Crippen LogP contribution in [0.25, 0.3) is 0 Å². The number of benzene rings is 1. The van der Waals surface area contributed by atoms with Crippen LogP contribution in [-0.4, -0.2) is 5.91 Å². The van der Waals surface area contributed by atoms with Crippen molar-refractivity contribution in [3.05, 3.63) is 29.0 Å². The van der Waals surface area contributed by atoms with Crippen molar-refractivity contribution in [2.45, 2.75) is 6.42 Å². The van der Waals surface area contributed by atoms with E-state index in [9.17, 15) is 9.18 Å². The van der Waals surface area contributed by atoms with Gasteiger partial charge in [-0.3, -0.25) is 4.79 Å². The van der Waals surface area contributed by atoms with Crippen LogP contribution in [0, 0.1) is 17.1 Å². The summed E-state index contributed by atoms with van der Waals surface area (Å²) >= 11 is 5.48. The number of carbonyl (C=O) groups excluding carboxylic acids is 1. The van der Waals surface area contributed by atoms with Crippen LogP contribution < -0.4 is 5.32 Å². The Balaban J connectivity index is 2.74. The first-order valence-electron chi connectivity index (χ1n) is 3.75. The molecule has 0 saturated heterocycles. The zero-order chi connectivity index (χ0) is 10.6. The van der Waals surface area contributed by atoms with Crippen LogP contribution in [0.3, 0.4) is 0 Å². The number of rotatable bonds is 2. The molecule has 1 amide bonds. The number of halogens is 2. The average Bonchev–Trinajstić information content (AvgIpc) is 2.12. The summed E-state index contributed by atoms with van der Waals surface area (Å²) in [5.74, 6) is -1.000. The van der Waals surface area contributed by atoms with Crippen molar-refractivity contribution in [3.63, 3.8) is 0 Å². The summed E-state index contributed by atoms with van der Waals surface area (Å²) in [6.45, 7) is 0. The number of carbonyl (C=O) groups is 1. The molecule has 5 heteroatoms. The fraction of sp³-hybridized carbons (Fsp3) is 0.111. The van der Waals surface area contributed by atoms with Crippen LogP contribution in [0.5, 0.6) is 0 Å². The monoisotopic (exact) mass is 212 g/mol. The number of nitrogens with zero attached hydrogens (tertiary/aromatic N) is 1. The predicted octanol–water partition coefficient (Wildman–Crippen LogP) is 2.33. The van der Waals surface area contributed by atoms with Gasteiger partial charge >= 0.3 is 0 Å². The maximum Gasteiger partial charge on any atom is 0.238 e. The molecule has 3 nitrogen and oxygen atoms in total. The minimum atomic E-state index is -0.551. The minimum absolute atomic E-state index is 0.0697. The first kappa shape index (κ1) is 10.5. The van der Waals surface area contributed by atoms with Gasteiger partial charge in [0.25, 0.3) is 0 Å². The van der Waals surface area contributed by atoms with E-state index in [0.717, 1.165) is 6.07 Å². The molecule has 0 fully saturated rings. The number of hydrogen-bond donors (Lipinski definition) is 1. The molecular weight excluding hydrogens is 207 g/mol. The quantitative estimate of drug-likeness (QED) is 0.818. The van der Waals surface area contributed by atoms with E-state index in [4.69, 9.17) is 16.9 Å². The van der Waals surface area contributed by atoms with Gasteiger partial charge in [0.15, 0.2) is 0 Å². The number of anilines is 1. The van der Waals surface area contributed by atoms with Crippen molar-refractivity contribution in [2.24, 2.45) is 0 Å². The van der Waals surface area contributed by atoms with Gasteiger partial charge in [-0.1, -0.05) is 11.6 Å². The summed E-state index contributed by atoms with van der Waals surface area (Å²) in [5, 5.41) is 10.5. The largest absolute Gasteiger partial charge is 0.325 e. The first-order valence-corrected chi connectivity index (χ1v) is 4.13. The molecule has 0 radical (unpaired) electrons. The summed E-state index contributed by atoms with van der Waals surface area (Å²) in [6, 6.07) is 5.49. The molecule has 0 unspecified atom stereocenters. The highest BCUT2D eigenvalue weighted by atomic mass is 35.5. The lowest BCUT2D eigenvalue weighted by Crippen LogP contribution is -2.09. The van der Waals surface area contributed by atoms with Crippen molar-refractivity contribution in [2.75, 3.05) is 5.32 Å². The Morgan fingerprint density at radius 2 is 2.36 bits per heavy atom. The fourth-order valence-corrected chi connectivity index (χ4v) is 1.03. The Labute approximate surface area is 85.1 Å². The van der Waals surface area contributed by atoms with Crippen LogP contribution in [0.15, 0.2) is 18.2 Å². The molecule has 1 aromatic rings. The van der Waals surface area contributed by atoms with Crippen LogP contribution in [0.1, 0.15) is 6.42 Å². The molecule has 0 spiro atoms. The van der Waals surface area contributed by atoms with Gasteiger partial charge in [0, 0.05) is 5.69 Å². The molecule has 0 aliphatic carbocycles. The number of hydrogen-bond acceptors (Lipinski definition) is 2. The molecule has 14 heavy (non-hydrogen) atoms. The van der Waals surface area contributed by atoms with Crippen LogP contribution in [0.2, 0.25) is 5.02 Å². The maximum absolute atomic E-state index is 12.7. The summed E-state index contributed by atoms with van der Waals surface area (Å²) < 4.78 is 12.7. The van der Waals surface area contributed by atoms with E-state index in [1.807, 2.05) is 0 Å². The third-order valence-electron chi connectivity index (χ3n) is 1.44. The Morgan fingerprint density at radius 3 is 2.93 bits per heavy atom. The second-order valence-corrected chi connectivity index (χ2v) is 2.92. The standard InChI is InChI=1S/C9H6ClFN2O/c10-7-5-6(1-2-8(7)11)13-9(14)3-4-12/h1-2,5H,3H2,(H,13,14). The third kappa shape index (κ3) is 2.71. The molecule has 0 heterocycles. The maximum atomic E-state index is 12.7. The molecule has 1 N–H and O–H groups in total. The molecule has 0 atom stereocenters. The second kappa shape index (κ2) is 4.58. The summed E-state index contributed by atoms with van der Waals surface area (Å²) in [4.78, 5) is 10.9. The van der Waals surface area contributed by atoms with Gasteiger partial charge in [0.05, 0.1) is 11.1 Å². The minimum Gasteiger partial charge on any atom is -0.325 e. The summed E-state index contributed by atoms with van der Waals surface area (Å²) in [6.07, 6.45) is -0.241. The molecule has 0 aliphatic rings. The fourth-order valence-electron chi connectivity index (χ4n) is 0.851. The van der Waals surface area contributed by atoms with E-state index >= 15 is 0 Å². The zero-order valence-corrected chi connectivity index (χ0v) is 7.81. The Morgan fingerprint density at radius 1 is 1.64 bits per heavy atom. The van der Waals surface area contributed by atoms with E-state index < -0.39 is 11.7 Å². The first-order chi connectivity index (χ1) is 6.63. The number of amides is 1. The highest BCUT2D eigenvalue weighted by Crippen LogP contribution is 2.19. The molecule has 0 bridgehead atoms. The summed E-state index contributed by atoms with van der Waals surface area (Å²) in [5.41, 5.74) is 0.372. The molecule has 0 aromatic heterocycles. The number of nitrogens with one attached hydrogen (secondary N) is 1. The van der Waals surface area contributed by atoms with Gasteiger partial charge in [0.1, 0.15) is 12.2 Å². The van der Waals surface area contributed by atoms with E-state index in [2.05, 4.69) is 5.32 Å². The highest BCUT2D eigenvalue weighted by Gasteiger charge is 2.04. The molecule has 72 valence electrons. The van der Waals surface area contributed by atoms with Crippen molar-refractivity contribution in [3.8, 4) is 6.07 Å². The van der Waals surface area contributed by atoms with Crippen molar-refractivity contribution in [1.82, 2.24) is 0 Å². The molecular formula is C9H6ClFN2O. The normalized spacial score (nSPS) is 9.21. The molecule has 1 aromatic carbocycles. The number of nitriles is 1. The van der Waals surface area contributed by atoms with Crippen molar-refractivity contribution >= 4 is 23.2 Å².